The molecule has 0 amide bonds. The molecule has 0 saturated heterocycles. The third-order valence-corrected chi connectivity index (χ3v) is 2.54. The topological polar surface area (TPSA) is 42.1 Å². The van der Waals surface area contributed by atoms with Crippen molar-refractivity contribution in [1.82, 2.24) is 4.98 Å². The first-order chi connectivity index (χ1) is 7.54. The molecule has 1 heterocycles. The molecular weight excluding hydrogens is 198 g/mol. The summed E-state index contributed by atoms with van der Waals surface area (Å²) in [6, 6.07) is 2.19. The van der Waals surface area contributed by atoms with E-state index in [1.807, 2.05) is 6.20 Å². The number of hydrogen-bond acceptors (Lipinski definition) is 3. The SMILES string of the molecule is Cc1cc(CCN)cnc1N(C)CC(C)C. The highest BCUT2D eigenvalue weighted by Crippen LogP contribution is 2.17. The molecule has 3 nitrogen and oxygen atoms in total. The lowest BCUT2D eigenvalue weighted by molar-refractivity contribution is 0.633. The van der Waals surface area contributed by atoms with Crippen LogP contribution in [0.1, 0.15) is 25.0 Å². The molecule has 0 aromatic carbocycles. The van der Waals surface area contributed by atoms with E-state index in [0.717, 1.165) is 18.8 Å². The fraction of sp³-hybridized carbons (Fsp3) is 0.615. The third kappa shape index (κ3) is 3.49. The maximum atomic E-state index is 5.54. The molecule has 0 aliphatic rings. The molecule has 1 rings (SSSR count). The maximum absolute atomic E-state index is 5.54. The molecule has 1 aromatic heterocycles. The minimum atomic E-state index is 0.648. The summed E-state index contributed by atoms with van der Waals surface area (Å²) >= 11 is 0. The largest absolute Gasteiger partial charge is 0.359 e. The van der Waals surface area contributed by atoms with Gasteiger partial charge in [0, 0.05) is 19.8 Å². The number of rotatable bonds is 5. The van der Waals surface area contributed by atoms with Gasteiger partial charge in [0.2, 0.25) is 0 Å². The van der Waals surface area contributed by atoms with Crippen LogP contribution >= 0.6 is 0 Å². The number of aromatic nitrogens is 1. The van der Waals surface area contributed by atoms with Crippen molar-refractivity contribution < 1.29 is 0 Å². The lowest BCUT2D eigenvalue weighted by Crippen LogP contribution is -2.24. The van der Waals surface area contributed by atoms with Gasteiger partial charge < -0.3 is 10.6 Å². The Morgan fingerprint density at radius 3 is 2.62 bits per heavy atom. The van der Waals surface area contributed by atoms with Gasteiger partial charge in [0.25, 0.3) is 0 Å². The number of pyridine rings is 1. The van der Waals surface area contributed by atoms with Gasteiger partial charge in [0.15, 0.2) is 0 Å². The van der Waals surface area contributed by atoms with Gasteiger partial charge in [-0.3, -0.25) is 0 Å². The van der Waals surface area contributed by atoms with Crippen LogP contribution in [0.2, 0.25) is 0 Å². The number of nitrogens with zero attached hydrogens (tertiary/aromatic N) is 2. The summed E-state index contributed by atoms with van der Waals surface area (Å²) in [7, 11) is 2.10. The zero-order valence-corrected chi connectivity index (χ0v) is 10.8. The summed E-state index contributed by atoms with van der Waals surface area (Å²) in [6.45, 7) is 8.26. The number of hydrogen-bond donors (Lipinski definition) is 1. The zero-order valence-electron chi connectivity index (χ0n) is 10.8. The van der Waals surface area contributed by atoms with E-state index in [1.54, 1.807) is 0 Å². The molecule has 0 saturated carbocycles. The van der Waals surface area contributed by atoms with Crippen molar-refractivity contribution in [3.63, 3.8) is 0 Å². The van der Waals surface area contributed by atoms with E-state index in [2.05, 4.69) is 43.8 Å². The molecule has 0 atom stereocenters. The van der Waals surface area contributed by atoms with Crippen molar-refractivity contribution in [2.45, 2.75) is 27.2 Å². The fourth-order valence-electron chi connectivity index (χ4n) is 1.96. The lowest BCUT2D eigenvalue weighted by atomic mass is 10.1. The first kappa shape index (κ1) is 13.0. The van der Waals surface area contributed by atoms with Crippen LogP contribution in [0.4, 0.5) is 5.82 Å². The van der Waals surface area contributed by atoms with Gasteiger partial charge in [0.05, 0.1) is 0 Å². The highest BCUT2D eigenvalue weighted by atomic mass is 15.2. The normalized spacial score (nSPS) is 10.9. The van der Waals surface area contributed by atoms with E-state index in [4.69, 9.17) is 5.73 Å². The van der Waals surface area contributed by atoms with E-state index in [0.29, 0.717) is 12.5 Å². The molecule has 0 radical (unpaired) electrons. The van der Waals surface area contributed by atoms with Gasteiger partial charge in [-0.25, -0.2) is 4.98 Å². The summed E-state index contributed by atoms with van der Waals surface area (Å²) in [5.41, 5.74) is 7.99. The quantitative estimate of drug-likeness (QED) is 0.826. The van der Waals surface area contributed by atoms with Gasteiger partial charge in [0.1, 0.15) is 5.82 Å². The van der Waals surface area contributed by atoms with Crippen LogP contribution in [-0.4, -0.2) is 25.1 Å². The standard InChI is InChI=1S/C13H23N3/c1-10(2)9-16(4)13-11(3)7-12(5-6-14)8-15-13/h7-8,10H,5-6,9,14H2,1-4H3. The minimum absolute atomic E-state index is 0.648. The van der Waals surface area contributed by atoms with E-state index >= 15 is 0 Å². The molecule has 0 fully saturated rings. The molecule has 2 N–H and O–H groups in total. The summed E-state index contributed by atoms with van der Waals surface area (Å²) in [6.07, 6.45) is 2.84. The van der Waals surface area contributed by atoms with Crippen molar-refractivity contribution >= 4 is 5.82 Å². The van der Waals surface area contributed by atoms with Crippen molar-refractivity contribution in [2.24, 2.45) is 11.7 Å². The van der Waals surface area contributed by atoms with Crippen LogP contribution < -0.4 is 10.6 Å². The van der Waals surface area contributed by atoms with Crippen LogP contribution in [0, 0.1) is 12.8 Å². The van der Waals surface area contributed by atoms with Crippen LogP contribution in [0.3, 0.4) is 0 Å². The molecule has 3 heteroatoms. The molecule has 1 aromatic rings. The Morgan fingerprint density at radius 1 is 1.44 bits per heavy atom. The Bertz CT molecular complexity index is 334. The minimum Gasteiger partial charge on any atom is -0.359 e. The van der Waals surface area contributed by atoms with E-state index in [1.165, 1.54) is 11.1 Å². The summed E-state index contributed by atoms with van der Waals surface area (Å²) in [5.74, 6) is 1.73. The van der Waals surface area contributed by atoms with E-state index in [9.17, 15) is 0 Å². The van der Waals surface area contributed by atoms with Gasteiger partial charge in [-0.1, -0.05) is 19.9 Å². The van der Waals surface area contributed by atoms with Crippen LogP contribution in [0.15, 0.2) is 12.3 Å². The molecule has 0 aliphatic heterocycles. The highest BCUT2D eigenvalue weighted by Gasteiger charge is 2.08. The Labute approximate surface area is 98.7 Å². The van der Waals surface area contributed by atoms with Crippen LogP contribution in [0.25, 0.3) is 0 Å². The molecule has 0 bridgehead atoms. The second-order valence-corrected chi connectivity index (χ2v) is 4.80. The number of aryl methyl sites for hydroxylation is 1. The first-order valence-electron chi connectivity index (χ1n) is 5.91. The first-order valence-corrected chi connectivity index (χ1v) is 5.91. The Balaban J connectivity index is 2.81. The fourth-order valence-corrected chi connectivity index (χ4v) is 1.96. The van der Waals surface area contributed by atoms with Crippen molar-refractivity contribution in [1.29, 1.82) is 0 Å². The highest BCUT2D eigenvalue weighted by molar-refractivity contribution is 5.46. The zero-order chi connectivity index (χ0) is 12.1. The lowest BCUT2D eigenvalue weighted by Gasteiger charge is -2.22. The Morgan fingerprint density at radius 2 is 2.12 bits per heavy atom. The predicted octanol–water partition coefficient (Wildman–Crippen LogP) is 1.98. The Kier molecular flexibility index (Phi) is 4.74. The molecule has 16 heavy (non-hydrogen) atoms. The maximum Gasteiger partial charge on any atom is 0.131 e. The molecule has 0 unspecified atom stereocenters. The predicted molar refractivity (Wildman–Crippen MR) is 69.8 cm³/mol. The van der Waals surface area contributed by atoms with Crippen molar-refractivity contribution in [2.75, 3.05) is 25.0 Å². The van der Waals surface area contributed by atoms with Gasteiger partial charge in [-0.05, 0) is 36.9 Å². The van der Waals surface area contributed by atoms with Gasteiger partial charge in [-0.2, -0.15) is 0 Å². The monoisotopic (exact) mass is 221 g/mol. The summed E-state index contributed by atoms with van der Waals surface area (Å²) in [5, 5.41) is 0. The number of anilines is 1. The smallest absolute Gasteiger partial charge is 0.131 e. The van der Waals surface area contributed by atoms with Gasteiger partial charge >= 0.3 is 0 Å². The summed E-state index contributed by atoms with van der Waals surface area (Å²) < 4.78 is 0. The Hall–Kier alpha value is -1.09. The molecule has 90 valence electrons. The third-order valence-electron chi connectivity index (χ3n) is 2.54. The van der Waals surface area contributed by atoms with Crippen LogP contribution in [0.5, 0.6) is 0 Å². The van der Waals surface area contributed by atoms with Crippen LogP contribution in [-0.2, 0) is 6.42 Å². The van der Waals surface area contributed by atoms with E-state index in [-0.39, 0.29) is 0 Å². The molecular formula is C13H23N3. The average molecular weight is 221 g/mol. The van der Waals surface area contributed by atoms with Crippen molar-refractivity contribution in [3.05, 3.63) is 23.4 Å². The average Bonchev–Trinajstić information content (AvgIpc) is 2.16. The van der Waals surface area contributed by atoms with Gasteiger partial charge in [-0.15, -0.1) is 0 Å². The van der Waals surface area contributed by atoms with E-state index < -0.39 is 0 Å². The second-order valence-electron chi connectivity index (χ2n) is 4.80. The molecule has 0 spiro atoms. The number of nitrogens with two attached hydrogens (primary N) is 1. The second kappa shape index (κ2) is 5.85. The summed E-state index contributed by atoms with van der Waals surface area (Å²) in [4.78, 5) is 6.73. The van der Waals surface area contributed by atoms with Crippen molar-refractivity contribution in [3.8, 4) is 0 Å². The molecule has 0 aliphatic carbocycles.